The first-order valence-corrected chi connectivity index (χ1v) is 13.9. The summed E-state index contributed by atoms with van der Waals surface area (Å²) >= 11 is 0. The van der Waals surface area contributed by atoms with E-state index in [0.717, 1.165) is 37.7 Å². The van der Waals surface area contributed by atoms with Crippen LogP contribution >= 0.6 is 0 Å². The summed E-state index contributed by atoms with van der Waals surface area (Å²) < 4.78 is 26.4. The van der Waals surface area contributed by atoms with Crippen molar-refractivity contribution in [2.24, 2.45) is 11.5 Å². The smallest absolute Gasteiger partial charge is 0.307 e. The minimum absolute atomic E-state index is 0.0316. The molecule has 0 unspecified atom stereocenters. The quantitative estimate of drug-likeness (QED) is 0.331. The van der Waals surface area contributed by atoms with E-state index in [1.54, 1.807) is 24.3 Å². The second-order valence-corrected chi connectivity index (χ2v) is 11.1. The molecule has 11 nitrogen and oxygen atoms in total. The van der Waals surface area contributed by atoms with Gasteiger partial charge < -0.3 is 26.3 Å². The van der Waals surface area contributed by atoms with Crippen LogP contribution in [-0.2, 0) is 31.1 Å². The Morgan fingerprint density at radius 3 is 2.68 bits per heavy atom. The fourth-order valence-corrected chi connectivity index (χ4v) is 5.68. The number of carbonyl (C=O) groups is 2. The monoisotopic (exact) mass is 563 g/mol. The summed E-state index contributed by atoms with van der Waals surface area (Å²) in [7, 11) is 0. The summed E-state index contributed by atoms with van der Waals surface area (Å²) in [6.07, 6.45) is 6.86. The summed E-state index contributed by atoms with van der Waals surface area (Å²) in [5.41, 5.74) is 12.3. The minimum Gasteiger partial charge on any atom is -0.463 e. The van der Waals surface area contributed by atoms with Crippen LogP contribution in [0.5, 0.6) is 0 Å². The molecule has 0 spiro atoms. The lowest BCUT2D eigenvalue weighted by molar-refractivity contribution is -0.150. The zero-order valence-electron chi connectivity index (χ0n) is 22.7. The molecule has 41 heavy (non-hydrogen) atoms. The zero-order valence-corrected chi connectivity index (χ0v) is 22.7. The first-order valence-electron chi connectivity index (χ1n) is 13.9. The van der Waals surface area contributed by atoms with Crippen molar-refractivity contribution in [1.82, 2.24) is 14.6 Å². The van der Waals surface area contributed by atoms with Gasteiger partial charge in [0, 0.05) is 5.54 Å². The Balaban J connectivity index is 1.23. The molecule has 1 saturated carbocycles. The molecular formula is C29H34FN7O4. The number of rotatable bonds is 9. The number of halogens is 1. The number of carbonyl (C=O) groups excluding carboxylic acids is 2. The molecule has 2 aromatic heterocycles. The Labute approximate surface area is 237 Å². The predicted octanol–water partition coefficient (Wildman–Crippen LogP) is 2.87. The molecule has 1 amide bonds. The maximum atomic E-state index is 13.2. The number of amides is 1. The van der Waals surface area contributed by atoms with E-state index in [9.17, 15) is 19.2 Å². The molecule has 5 N–H and O–H groups in total. The van der Waals surface area contributed by atoms with Crippen molar-refractivity contribution in [1.29, 1.82) is 5.26 Å². The number of hydrogen-bond donors (Lipinski definition) is 3. The van der Waals surface area contributed by atoms with Crippen molar-refractivity contribution in [2.45, 2.75) is 81.1 Å². The van der Waals surface area contributed by atoms with Gasteiger partial charge in [0.05, 0.1) is 24.3 Å². The number of anilines is 1. The summed E-state index contributed by atoms with van der Waals surface area (Å²) in [6.45, 7) is 0.0316. The Hall–Kier alpha value is -3.92. The van der Waals surface area contributed by atoms with Gasteiger partial charge in [0.15, 0.2) is 11.4 Å². The number of nitrogens with zero attached hydrogens (tertiary/aromatic N) is 4. The van der Waals surface area contributed by atoms with E-state index in [-0.39, 0.29) is 37.1 Å². The van der Waals surface area contributed by atoms with Crippen molar-refractivity contribution in [2.75, 3.05) is 11.9 Å². The molecule has 2 aliphatic rings. The lowest BCUT2D eigenvalue weighted by Gasteiger charge is -2.32. The largest absolute Gasteiger partial charge is 0.463 e. The molecule has 0 bridgehead atoms. The van der Waals surface area contributed by atoms with Gasteiger partial charge in [-0.2, -0.15) is 10.4 Å². The fraction of sp³-hybridized carbons (Fsp3) is 0.483. The van der Waals surface area contributed by atoms with Crippen molar-refractivity contribution >= 4 is 23.2 Å². The van der Waals surface area contributed by atoms with Gasteiger partial charge in [-0.05, 0) is 61.9 Å². The SMILES string of the molecule is N#C[C@]1(c2ccc3c(NC(=O)[C@@H](N)Cc4ccc(F)cc4)ncnn23)CC[C@@H](COC(=O)CC2(N)CCCCC2)O1. The van der Waals surface area contributed by atoms with E-state index in [4.69, 9.17) is 20.9 Å². The molecule has 2 fully saturated rings. The highest BCUT2D eigenvalue weighted by Crippen LogP contribution is 2.40. The summed E-state index contributed by atoms with van der Waals surface area (Å²) in [5.74, 6) is -0.974. The zero-order chi connectivity index (χ0) is 29.0. The molecule has 1 aliphatic carbocycles. The van der Waals surface area contributed by atoms with Gasteiger partial charge in [-0.3, -0.25) is 9.59 Å². The Kier molecular flexibility index (Phi) is 8.30. The average molecular weight is 564 g/mol. The van der Waals surface area contributed by atoms with Crippen LogP contribution in [0, 0.1) is 17.1 Å². The molecular weight excluding hydrogens is 529 g/mol. The van der Waals surface area contributed by atoms with Crippen molar-refractivity contribution < 1.29 is 23.5 Å². The second-order valence-electron chi connectivity index (χ2n) is 11.1. The van der Waals surface area contributed by atoms with Gasteiger partial charge >= 0.3 is 5.97 Å². The molecule has 1 aliphatic heterocycles. The van der Waals surface area contributed by atoms with Crippen LogP contribution in [0.3, 0.4) is 0 Å². The predicted molar refractivity (Wildman–Crippen MR) is 147 cm³/mol. The normalized spacial score (nSPS) is 22.6. The molecule has 3 atom stereocenters. The fourth-order valence-electron chi connectivity index (χ4n) is 5.68. The number of esters is 1. The number of hydrogen-bond acceptors (Lipinski definition) is 9. The third-order valence-corrected chi connectivity index (χ3v) is 7.96. The first-order chi connectivity index (χ1) is 19.7. The van der Waals surface area contributed by atoms with Crippen LogP contribution in [0.1, 0.15) is 62.6 Å². The Morgan fingerprint density at radius 2 is 1.95 bits per heavy atom. The molecule has 1 saturated heterocycles. The van der Waals surface area contributed by atoms with E-state index in [1.165, 1.54) is 23.0 Å². The summed E-state index contributed by atoms with van der Waals surface area (Å²) in [6, 6.07) is 10.6. The summed E-state index contributed by atoms with van der Waals surface area (Å²) in [4.78, 5) is 29.5. The van der Waals surface area contributed by atoms with Crippen LogP contribution in [-0.4, -0.2) is 50.8 Å². The molecule has 3 aromatic rings. The van der Waals surface area contributed by atoms with Crippen LogP contribution in [0.25, 0.3) is 5.52 Å². The highest BCUT2D eigenvalue weighted by Gasteiger charge is 2.45. The number of ether oxygens (including phenoxy) is 2. The van der Waals surface area contributed by atoms with E-state index in [0.29, 0.717) is 24.1 Å². The summed E-state index contributed by atoms with van der Waals surface area (Å²) in [5, 5.41) is 17.2. The van der Waals surface area contributed by atoms with E-state index < -0.39 is 29.2 Å². The van der Waals surface area contributed by atoms with Gasteiger partial charge in [-0.15, -0.1) is 0 Å². The third-order valence-electron chi connectivity index (χ3n) is 7.96. The second kappa shape index (κ2) is 11.9. The van der Waals surface area contributed by atoms with Crippen LogP contribution in [0.4, 0.5) is 10.2 Å². The first kappa shape index (κ1) is 28.6. The van der Waals surface area contributed by atoms with Crippen molar-refractivity contribution in [3.05, 3.63) is 59.8 Å². The van der Waals surface area contributed by atoms with Gasteiger partial charge in [0.1, 0.15) is 30.3 Å². The molecule has 3 heterocycles. The molecule has 1 aromatic carbocycles. The van der Waals surface area contributed by atoms with Crippen LogP contribution in [0.15, 0.2) is 42.7 Å². The lowest BCUT2D eigenvalue weighted by atomic mass is 9.80. The average Bonchev–Trinajstić information content (AvgIpc) is 3.59. The Bertz CT molecular complexity index is 1450. The van der Waals surface area contributed by atoms with E-state index in [1.807, 2.05) is 0 Å². The van der Waals surface area contributed by atoms with Crippen molar-refractivity contribution in [3.63, 3.8) is 0 Å². The van der Waals surface area contributed by atoms with E-state index >= 15 is 0 Å². The number of fused-ring (bicyclic) bond motifs is 1. The topological polar surface area (TPSA) is 171 Å². The van der Waals surface area contributed by atoms with Gasteiger partial charge in [0.2, 0.25) is 5.91 Å². The Morgan fingerprint density at radius 1 is 1.20 bits per heavy atom. The lowest BCUT2D eigenvalue weighted by Crippen LogP contribution is -2.44. The minimum atomic E-state index is -1.32. The molecule has 216 valence electrons. The van der Waals surface area contributed by atoms with Gasteiger partial charge in [-0.25, -0.2) is 13.9 Å². The number of aromatic nitrogens is 3. The molecule has 12 heteroatoms. The number of nitriles is 1. The maximum Gasteiger partial charge on any atom is 0.307 e. The number of nitrogens with two attached hydrogens (primary N) is 2. The van der Waals surface area contributed by atoms with Crippen LogP contribution < -0.4 is 16.8 Å². The van der Waals surface area contributed by atoms with Gasteiger partial charge in [-0.1, -0.05) is 31.4 Å². The highest BCUT2D eigenvalue weighted by molar-refractivity contribution is 5.97. The molecule has 0 radical (unpaired) electrons. The van der Waals surface area contributed by atoms with E-state index in [2.05, 4.69) is 21.5 Å². The van der Waals surface area contributed by atoms with Gasteiger partial charge in [0.25, 0.3) is 0 Å². The third kappa shape index (κ3) is 6.37. The van der Waals surface area contributed by atoms with Crippen LogP contribution in [0.2, 0.25) is 0 Å². The van der Waals surface area contributed by atoms with Crippen molar-refractivity contribution in [3.8, 4) is 6.07 Å². The molecule has 5 rings (SSSR count). The number of benzene rings is 1. The number of nitrogens with one attached hydrogen (secondary N) is 1. The standard InChI is InChI=1S/C29H34FN7O4/c30-20-6-4-19(5-7-20)14-22(32)27(39)36-26-23-8-9-24(37(23)35-18-34-26)29(17-31)13-10-21(41-29)16-40-25(38)15-28(33)11-2-1-3-12-28/h4-9,18,21-22H,1-3,10-16,32-33H2,(H,34,35,36,39)/t21-,22-,29-/m0/s1. The maximum absolute atomic E-state index is 13.2. The highest BCUT2D eigenvalue weighted by atomic mass is 19.1.